The van der Waals surface area contributed by atoms with Crippen LogP contribution in [0.2, 0.25) is 0 Å². The predicted molar refractivity (Wildman–Crippen MR) is 57.8 cm³/mol. The third kappa shape index (κ3) is 1.39. The van der Waals surface area contributed by atoms with E-state index in [-0.39, 0.29) is 12.5 Å². The summed E-state index contributed by atoms with van der Waals surface area (Å²) in [6.07, 6.45) is 0. The van der Waals surface area contributed by atoms with Gasteiger partial charge in [-0.2, -0.15) is 0 Å². The Morgan fingerprint density at radius 2 is 2.21 bits per heavy atom. The number of amides is 1. The van der Waals surface area contributed by atoms with Gasteiger partial charge in [-0.15, -0.1) is 0 Å². The smallest absolute Gasteiger partial charge is 0.264 e. The van der Waals surface area contributed by atoms with Gasteiger partial charge in [0.1, 0.15) is 5.75 Å². The fourth-order valence-electron chi connectivity index (χ4n) is 1.40. The lowest BCUT2D eigenvalue weighted by Gasteiger charge is -2.26. The lowest BCUT2D eigenvalue weighted by molar-refractivity contribution is -0.120. The molecule has 1 heterocycles. The summed E-state index contributed by atoms with van der Waals surface area (Å²) < 4.78 is 6.32. The third-order valence-electron chi connectivity index (χ3n) is 2.33. The first-order valence-electron chi connectivity index (χ1n) is 4.29. The second-order valence-corrected chi connectivity index (χ2v) is 4.16. The first-order chi connectivity index (χ1) is 6.59. The number of nitrogens with zero attached hydrogens (tertiary/aromatic N) is 1. The number of rotatable bonds is 0. The Morgan fingerprint density at radius 3 is 2.93 bits per heavy atom. The minimum absolute atomic E-state index is 0.0146. The van der Waals surface area contributed by atoms with Crippen LogP contribution in [0.15, 0.2) is 16.6 Å². The molecular weight excluding hydrogens is 246 g/mol. The van der Waals surface area contributed by atoms with E-state index < -0.39 is 0 Å². The molecule has 0 atom stereocenters. The highest BCUT2D eigenvalue weighted by molar-refractivity contribution is 9.10. The number of anilines is 1. The summed E-state index contributed by atoms with van der Waals surface area (Å²) in [6, 6.07) is 3.84. The summed E-state index contributed by atoms with van der Waals surface area (Å²) in [7, 11) is 1.76. The Kier molecular flexibility index (Phi) is 2.23. The maximum atomic E-state index is 11.3. The first kappa shape index (κ1) is 9.52. The van der Waals surface area contributed by atoms with Gasteiger partial charge in [0, 0.05) is 11.5 Å². The highest BCUT2D eigenvalue weighted by Gasteiger charge is 2.22. The van der Waals surface area contributed by atoms with Crippen molar-refractivity contribution >= 4 is 27.5 Å². The molecule has 2 rings (SSSR count). The maximum absolute atomic E-state index is 11.3. The SMILES string of the molecule is Cc1cc2c(cc1Br)OCC(=O)N2C. The predicted octanol–water partition coefficient (Wildman–Crippen LogP) is 2.11. The molecule has 0 N–H and O–H groups in total. The molecule has 4 heteroatoms. The largest absolute Gasteiger partial charge is 0.482 e. The lowest BCUT2D eigenvalue weighted by Crippen LogP contribution is -2.35. The van der Waals surface area contributed by atoms with Gasteiger partial charge in [-0.05, 0) is 24.6 Å². The van der Waals surface area contributed by atoms with Crippen molar-refractivity contribution in [3.05, 3.63) is 22.2 Å². The molecule has 0 radical (unpaired) electrons. The molecule has 0 unspecified atom stereocenters. The molecule has 3 nitrogen and oxygen atoms in total. The van der Waals surface area contributed by atoms with E-state index in [0.717, 1.165) is 21.5 Å². The number of halogens is 1. The van der Waals surface area contributed by atoms with Crippen LogP contribution in [0.3, 0.4) is 0 Å². The molecular formula is C10H10BrNO2. The number of hydrogen-bond donors (Lipinski definition) is 0. The van der Waals surface area contributed by atoms with Crippen molar-refractivity contribution < 1.29 is 9.53 Å². The van der Waals surface area contributed by atoms with Crippen LogP contribution in [0.5, 0.6) is 5.75 Å². The Labute approximate surface area is 90.8 Å². The average Bonchev–Trinajstić information content (AvgIpc) is 2.15. The minimum atomic E-state index is -0.0146. The van der Waals surface area contributed by atoms with Crippen LogP contribution in [0.25, 0.3) is 0 Å². The van der Waals surface area contributed by atoms with E-state index >= 15 is 0 Å². The summed E-state index contributed by atoms with van der Waals surface area (Å²) in [5, 5.41) is 0. The van der Waals surface area contributed by atoms with Gasteiger partial charge in [0.15, 0.2) is 6.61 Å². The van der Waals surface area contributed by atoms with Crippen LogP contribution in [0.4, 0.5) is 5.69 Å². The standard InChI is InChI=1S/C10H10BrNO2/c1-6-3-8-9(4-7(6)11)14-5-10(13)12(8)2/h3-4H,5H2,1-2H3. The molecule has 0 aromatic heterocycles. The van der Waals surface area contributed by atoms with Crippen molar-refractivity contribution in [2.45, 2.75) is 6.92 Å². The van der Waals surface area contributed by atoms with Gasteiger partial charge in [-0.3, -0.25) is 4.79 Å². The number of hydrogen-bond acceptors (Lipinski definition) is 2. The van der Waals surface area contributed by atoms with Crippen LogP contribution in [0, 0.1) is 6.92 Å². The van der Waals surface area contributed by atoms with Gasteiger partial charge in [-0.25, -0.2) is 0 Å². The van der Waals surface area contributed by atoms with E-state index in [9.17, 15) is 4.79 Å². The molecule has 0 saturated carbocycles. The molecule has 0 fully saturated rings. The molecule has 1 amide bonds. The monoisotopic (exact) mass is 255 g/mol. The van der Waals surface area contributed by atoms with Crippen molar-refractivity contribution in [2.24, 2.45) is 0 Å². The molecule has 1 aromatic rings. The molecule has 74 valence electrons. The zero-order valence-electron chi connectivity index (χ0n) is 8.00. The molecule has 0 saturated heterocycles. The zero-order chi connectivity index (χ0) is 10.3. The summed E-state index contributed by atoms with van der Waals surface area (Å²) in [4.78, 5) is 13.0. The summed E-state index contributed by atoms with van der Waals surface area (Å²) in [5.74, 6) is 0.740. The molecule has 0 bridgehead atoms. The van der Waals surface area contributed by atoms with Crippen molar-refractivity contribution in [2.75, 3.05) is 18.6 Å². The van der Waals surface area contributed by atoms with E-state index in [4.69, 9.17) is 4.74 Å². The zero-order valence-corrected chi connectivity index (χ0v) is 9.59. The maximum Gasteiger partial charge on any atom is 0.264 e. The van der Waals surface area contributed by atoms with Gasteiger partial charge in [0.25, 0.3) is 5.91 Å². The number of likely N-dealkylation sites (N-methyl/N-ethyl adjacent to an activating group) is 1. The second-order valence-electron chi connectivity index (χ2n) is 3.31. The summed E-state index contributed by atoms with van der Waals surface area (Å²) in [5.41, 5.74) is 1.93. The Hall–Kier alpha value is -1.03. The van der Waals surface area contributed by atoms with Gasteiger partial charge < -0.3 is 9.64 Å². The van der Waals surface area contributed by atoms with Gasteiger partial charge in [-0.1, -0.05) is 15.9 Å². The first-order valence-corrected chi connectivity index (χ1v) is 5.08. The fraction of sp³-hybridized carbons (Fsp3) is 0.300. The number of benzene rings is 1. The van der Waals surface area contributed by atoms with Crippen LogP contribution in [-0.2, 0) is 4.79 Å². The van der Waals surface area contributed by atoms with Crippen LogP contribution in [0.1, 0.15) is 5.56 Å². The Balaban J connectivity index is 2.55. The van der Waals surface area contributed by atoms with Crippen molar-refractivity contribution in [1.29, 1.82) is 0 Å². The Bertz CT molecular complexity index is 403. The van der Waals surface area contributed by atoms with Crippen LogP contribution in [-0.4, -0.2) is 19.6 Å². The molecule has 0 spiro atoms. The molecule has 1 aromatic carbocycles. The van der Waals surface area contributed by atoms with E-state index in [1.807, 2.05) is 19.1 Å². The van der Waals surface area contributed by atoms with Gasteiger partial charge in [0.2, 0.25) is 0 Å². The highest BCUT2D eigenvalue weighted by atomic mass is 79.9. The van der Waals surface area contributed by atoms with Crippen molar-refractivity contribution in [3.63, 3.8) is 0 Å². The minimum Gasteiger partial charge on any atom is -0.482 e. The van der Waals surface area contributed by atoms with Crippen molar-refractivity contribution in [3.8, 4) is 5.75 Å². The fourth-order valence-corrected chi connectivity index (χ4v) is 1.72. The average molecular weight is 256 g/mol. The van der Waals surface area contributed by atoms with E-state index in [1.54, 1.807) is 11.9 Å². The van der Waals surface area contributed by atoms with Crippen molar-refractivity contribution in [1.82, 2.24) is 0 Å². The molecule has 1 aliphatic heterocycles. The number of ether oxygens (including phenoxy) is 1. The lowest BCUT2D eigenvalue weighted by atomic mass is 10.2. The number of carbonyl (C=O) groups is 1. The topological polar surface area (TPSA) is 29.5 Å². The number of aryl methyl sites for hydroxylation is 1. The van der Waals surface area contributed by atoms with E-state index in [0.29, 0.717) is 0 Å². The summed E-state index contributed by atoms with van der Waals surface area (Å²) >= 11 is 3.43. The second kappa shape index (κ2) is 3.28. The molecule has 1 aliphatic rings. The molecule has 14 heavy (non-hydrogen) atoms. The Morgan fingerprint density at radius 1 is 1.50 bits per heavy atom. The highest BCUT2D eigenvalue weighted by Crippen LogP contribution is 2.35. The normalized spacial score (nSPS) is 15.1. The molecule has 0 aliphatic carbocycles. The summed E-state index contributed by atoms with van der Waals surface area (Å²) in [6.45, 7) is 2.11. The number of fused-ring (bicyclic) bond motifs is 1. The number of carbonyl (C=O) groups excluding carboxylic acids is 1. The van der Waals surface area contributed by atoms with Gasteiger partial charge in [0.05, 0.1) is 5.69 Å². The van der Waals surface area contributed by atoms with Crippen LogP contribution < -0.4 is 9.64 Å². The quantitative estimate of drug-likeness (QED) is 0.711. The van der Waals surface area contributed by atoms with Gasteiger partial charge >= 0.3 is 0 Å². The third-order valence-corrected chi connectivity index (χ3v) is 3.18. The van der Waals surface area contributed by atoms with Crippen LogP contribution >= 0.6 is 15.9 Å². The van der Waals surface area contributed by atoms with E-state index in [1.165, 1.54) is 0 Å². The van der Waals surface area contributed by atoms with E-state index in [2.05, 4.69) is 15.9 Å².